The second kappa shape index (κ2) is 5.83. The van der Waals surface area contributed by atoms with Gasteiger partial charge in [-0.2, -0.15) is 5.10 Å². The SMILES string of the molecule is CC(C)c1c(C(=O)NC2C3CC4C(C3)C42C(=O)O)cnn1-c1cccc(Cl)c1. The highest BCUT2D eigenvalue weighted by Crippen LogP contribution is 2.79. The Morgan fingerprint density at radius 1 is 1.32 bits per heavy atom. The van der Waals surface area contributed by atoms with Crippen LogP contribution >= 0.6 is 11.6 Å². The van der Waals surface area contributed by atoms with E-state index < -0.39 is 11.4 Å². The number of carboxylic acids is 1. The fraction of sp³-hybridized carbons (Fsp3) is 0.476. The molecule has 28 heavy (non-hydrogen) atoms. The zero-order chi connectivity index (χ0) is 19.8. The minimum absolute atomic E-state index is 0.0570. The van der Waals surface area contributed by atoms with Crippen LogP contribution in [0.3, 0.4) is 0 Å². The molecule has 0 spiro atoms. The zero-order valence-electron chi connectivity index (χ0n) is 15.7. The van der Waals surface area contributed by atoms with Crippen LogP contribution in [0.2, 0.25) is 5.02 Å². The third kappa shape index (κ3) is 2.18. The van der Waals surface area contributed by atoms with Crippen molar-refractivity contribution in [3.05, 3.63) is 46.7 Å². The average Bonchev–Trinajstić information content (AvgIpc) is 3.14. The Morgan fingerprint density at radius 2 is 2.04 bits per heavy atom. The summed E-state index contributed by atoms with van der Waals surface area (Å²) in [5.74, 6) is -0.187. The minimum Gasteiger partial charge on any atom is -0.481 e. The van der Waals surface area contributed by atoms with Crippen LogP contribution in [0.4, 0.5) is 0 Å². The number of aromatic nitrogens is 2. The third-order valence-electron chi connectivity index (χ3n) is 7.01. The van der Waals surface area contributed by atoms with E-state index in [1.807, 2.05) is 32.0 Å². The van der Waals surface area contributed by atoms with Crippen LogP contribution in [0.5, 0.6) is 0 Å². The number of hydrogen-bond donors (Lipinski definition) is 2. The van der Waals surface area contributed by atoms with E-state index in [-0.39, 0.29) is 35.6 Å². The highest BCUT2D eigenvalue weighted by atomic mass is 35.5. The number of nitrogens with one attached hydrogen (secondary N) is 1. The summed E-state index contributed by atoms with van der Waals surface area (Å²) in [6.45, 7) is 4.02. The molecule has 0 saturated heterocycles. The summed E-state index contributed by atoms with van der Waals surface area (Å²) >= 11 is 6.12. The van der Waals surface area contributed by atoms with Crippen molar-refractivity contribution >= 4 is 23.5 Å². The molecule has 4 saturated carbocycles. The van der Waals surface area contributed by atoms with Gasteiger partial charge in [-0.05, 0) is 54.7 Å². The lowest BCUT2D eigenvalue weighted by atomic mass is 9.96. The lowest BCUT2D eigenvalue weighted by molar-refractivity contribution is -0.144. The van der Waals surface area contributed by atoms with Gasteiger partial charge in [-0.15, -0.1) is 0 Å². The summed E-state index contributed by atoms with van der Waals surface area (Å²) in [6.07, 6.45) is 3.41. The molecule has 6 rings (SSSR count). The van der Waals surface area contributed by atoms with Gasteiger partial charge >= 0.3 is 5.97 Å². The number of rotatable bonds is 5. The molecule has 4 fully saturated rings. The molecular weight excluding hydrogens is 378 g/mol. The summed E-state index contributed by atoms with van der Waals surface area (Å²) in [5.41, 5.74) is 1.35. The molecule has 2 aromatic rings. The monoisotopic (exact) mass is 399 g/mol. The Hall–Kier alpha value is -2.34. The summed E-state index contributed by atoms with van der Waals surface area (Å²) in [4.78, 5) is 25.1. The molecule has 1 aromatic carbocycles. The number of aliphatic carboxylic acids is 1. The number of carbonyl (C=O) groups is 2. The largest absolute Gasteiger partial charge is 0.481 e. The molecule has 4 aliphatic carbocycles. The first-order valence-corrected chi connectivity index (χ1v) is 10.1. The van der Waals surface area contributed by atoms with Crippen molar-refractivity contribution in [3.63, 3.8) is 0 Å². The number of carbonyl (C=O) groups excluding carboxylic acids is 1. The molecule has 3 unspecified atom stereocenters. The quantitative estimate of drug-likeness (QED) is 0.806. The average molecular weight is 400 g/mol. The first-order valence-electron chi connectivity index (χ1n) is 9.73. The molecule has 6 nitrogen and oxygen atoms in total. The van der Waals surface area contributed by atoms with Gasteiger partial charge in [0.1, 0.15) is 0 Å². The molecular formula is C21H22ClN3O3. The zero-order valence-corrected chi connectivity index (χ0v) is 16.5. The van der Waals surface area contributed by atoms with E-state index in [0.717, 1.165) is 24.2 Å². The van der Waals surface area contributed by atoms with Gasteiger partial charge in [0, 0.05) is 11.1 Å². The van der Waals surface area contributed by atoms with Gasteiger partial charge in [0.15, 0.2) is 0 Å². The maximum absolute atomic E-state index is 13.1. The maximum Gasteiger partial charge on any atom is 0.312 e. The van der Waals surface area contributed by atoms with E-state index in [9.17, 15) is 14.7 Å². The Morgan fingerprint density at radius 3 is 2.64 bits per heavy atom. The van der Waals surface area contributed by atoms with Crippen molar-refractivity contribution in [1.82, 2.24) is 15.1 Å². The van der Waals surface area contributed by atoms with E-state index in [1.54, 1.807) is 16.9 Å². The molecule has 0 radical (unpaired) electrons. The molecule has 1 amide bonds. The first kappa shape index (κ1) is 17.7. The van der Waals surface area contributed by atoms with Gasteiger partial charge in [-0.1, -0.05) is 31.5 Å². The van der Waals surface area contributed by atoms with Crippen molar-refractivity contribution in [2.24, 2.45) is 23.2 Å². The summed E-state index contributed by atoms with van der Waals surface area (Å²) in [5, 5.41) is 17.9. The number of halogens is 1. The van der Waals surface area contributed by atoms with Crippen LogP contribution < -0.4 is 5.32 Å². The van der Waals surface area contributed by atoms with Gasteiger partial charge in [-0.3, -0.25) is 9.59 Å². The van der Waals surface area contributed by atoms with Crippen LogP contribution in [0, 0.1) is 23.2 Å². The topological polar surface area (TPSA) is 84.2 Å². The van der Waals surface area contributed by atoms with Crippen LogP contribution in [0.15, 0.2) is 30.5 Å². The molecule has 2 N–H and O–H groups in total. The number of nitrogens with zero attached hydrogens (tertiary/aromatic N) is 2. The van der Waals surface area contributed by atoms with Crippen molar-refractivity contribution in [1.29, 1.82) is 0 Å². The van der Waals surface area contributed by atoms with E-state index in [0.29, 0.717) is 10.6 Å². The third-order valence-corrected chi connectivity index (χ3v) is 7.25. The second-order valence-electron chi connectivity index (χ2n) is 8.62. The first-order chi connectivity index (χ1) is 13.4. The Kier molecular flexibility index (Phi) is 3.69. The minimum atomic E-state index is -0.758. The van der Waals surface area contributed by atoms with E-state index in [4.69, 9.17) is 11.6 Å². The van der Waals surface area contributed by atoms with Crippen molar-refractivity contribution in [2.75, 3.05) is 0 Å². The van der Waals surface area contributed by atoms with Gasteiger partial charge in [0.05, 0.1) is 28.6 Å². The highest BCUT2D eigenvalue weighted by molar-refractivity contribution is 6.30. The maximum atomic E-state index is 13.1. The number of amides is 1. The highest BCUT2D eigenvalue weighted by Gasteiger charge is 2.83. The van der Waals surface area contributed by atoms with Gasteiger partial charge in [0.2, 0.25) is 0 Å². The Labute approximate surface area is 167 Å². The number of carboxylic acid groups (broad SMARTS) is 1. The van der Waals surface area contributed by atoms with Gasteiger partial charge < -0.3 is 10.4 Å². The molecule has 3 atom stereocenters. The molecule has 4 aliphatic rings. The summed E-state index contributed by atoms with van der Waals surface area (Å²) in [7, 11) is 0. The summed E-state index contributed by atoms with van der Waals surface area (Å²) < 4.78 is 1.74. The van der Waals surface area contributed by atoms with E-state index in [1.165, 1.54) is 0 Å². The second-order valence-corrected chi connectivity index (χ2v) is 9.06. The molecule has 1 heterocycles. The molecule has 4 bridgehead atoms. The lowest BCUT2D eigenvalue weighted by Gasteiger charge is -2.22. The molecule has 1 aromatic heterocycles. The van der Waals surface area contributed by atoms with Crippen molar-refractivity contribution in [2.45, 2.75) is 38.6 Å². The predicted molar refractivity (Wildman–Crippen MR) is 104 cm³/mol. The van der Waals surface area contributed by atoms with Crippen LogP contribution in [-0.2, 0) is 4.79 Å². The Bertz CT molecular complexity index is 987. The normalized spacial score (nSPS) is 32.0. The van der Waals surface area contributed by atoms with Crippen molar-refractivity contribution in [3.8, 4) is 5.69 Å². The fourth-order valence-corrected chi connectivity index (χ4v) is 6.15. The summed E-state index contributed by atoms with van der Waals surface area (Å²) in [6, 6.07) is 7.07. The number of hydrogen-bond acceptors (Lipinski definition) is 3. The predicted octanol–water partition coefficient (Wildman–Crippen LogP) is 3.49. The van der Waals surface area contributed by atoms with E-state index >= 15 is 0 Å². The fourth-order valence-electron chi connectivity index (χ4n) is 5.96. The smallest absolute Gasteiger partial charge is 0.312 e. The van der Waals surface area contributed by atoms with E-state index in [2.05, 4.69) is 10.4 Å². The number of benzene rings is 1. The van der Waals surface area contributed by atoms with Crippen LogP contribution in [0.1, 0.15) is 48.7 Å². The van der Waals surface area contributed by atoms with Gasteiger partial charge in [-0.25, -0.2) is 4.68 Å². The van der Waals surface area contributed by atoms with Crippen molar-refractivity contribution < 1.29 is 14.7 Å². The lowest BCUT2D eigenvalue weighted by Crippen LogP contribution is -2.45. The standard InChI is InChI=1S/C21H22ClN3O3/c1-10(2)17-14(9-23-25(17)13-5-3-4-12(22)8-13)19(26)24-18-11-6-15-16(7-11)21(15,18)20(27)28/h3-5,8-11,15-16,18H,6-7H2,1-2H3,(H,24,26)(H,27,28). The van der Waals surface area contributed by atoms with Crippen LogP contribution in [-0.4, -0.2) is 32.8 Å². The molecule has 7 heteroatoms. The molecule has 0 aliphatic heterocycles. The van der Waals surface area contributed by atoms with Crippen LogP contribution in [0.25, 0.3) is 5.69 Å². The molecule has 146 valence electrons. The van der Waals surface area contributed by atoms with Gasteiger partial charge in [0.25, 0.3) is 5.91 Å². The Balaban J connectivity index is 1.47.